The summed E-state index contributed by atoms with van der Waals surface area (Å²) in [5.41, 5.74) is 1.19. The normalized spacial score (nSPS) is 20.0. The smallest absolute Gasteiger partial charge is 0.193 e. The first-order chi connectivity index (χ1) is 13.1. The van der Waals surface area contributed by atoms with Crippen molar-refractivity contribution in [3.05, 3.63) is 48.5 Å². The largest absolute Gasteiger partial charge is 0.491 e. The molecule has 2 unspecified atom stereocenters. The second-order valence-corrected chi connectivity index (χ2v) is 7.50. The van der Waals surface area contributed by atoms with Crippen LogP contribution in [0.3, 0.4) is 0 Å². The highest BCUT2D eigenvalue weighted by Gasteiger charge is 2.28. The maximum atomic E-state index is 5.79. The third-order valence-electron chi connectivity index (χ3n) is 5.06. The van der Waals surface area contributed by atoms with Crippen molar-refractivity contribution in [3.8, 4) is 5.75 Å². The Morgan fingerprint density at radius 2 is 2.21 bits per heavy atom. The van der Waals surface area contributed by atoms with Gasteiger partial charge in [-0.25, -0.2) is 4.98 Å². The predicted octanol–water partition coefficient (Wildman–Crippen LogP) is 3.95. The first-order valence-electron chi connectivity index (χ1n) is 9.75. The SMILES string of the molecule is CN=C(NCc1cccc(OC(C)C)c1)N1CCC(C)C(n2ccnc2)C1.I. The number of guanidine groups is 1. The Morgan fingerprint density at radius 1 is 1.39 bits per heavy atom. The molecule has 0 radical (unpaired) electrons. The van der Waals surface area contributed by atoms with E-state index < -0.39 is 0 Å². The Bertz CT molecular complexity index is 747. The van der Waals surface area contributed by atoms with E-state index in [4.69, 9.17) is 4.74 Å². The number of benzene rings is 1. The van der Waals surface area contributed by atoms with Crippen molar-refractivity contribution in [1.29, 1.82) is 0 Å². The molecule has 2 atom stereocenters. The summed E-state index contributed by atoms with van der Waals surface area (Å²) in [6, 6.07) is 8.66. The Labute approximate surface area is 185 Å². The van der Waals surface area contributed by atoms with Gasteiger partial charge in [-0.1, -0.05) is 19.1 Å². The molecule has 0 saturated carbocycles. The summed E-state index contributed by atoms with van der Waals surface area (Å²) in [6.07, 6.45) is 7.14. The maximum Gasteiger partial charge on any atom is 0.193 e. The molecule has 1 aliphatic rings. The van der Waals surface area contributed by atoms with Gasteiger partial charge in [-0.15, -0.1) is 24.0 Å². The third-order valence-corrected chi connectivity index (χ3v) is 5.06. The number of ether oxygens (including phenoxy) is 1. The van der Waals surface area contributed by atoms with E-state index in [0.717, 1.165) is 37.8 Å². The van der Waals surface area contributed by atoms with Crippen LogP contribution in [0.15, 0.2) is 48.0 Å². The molecule has 1 N–H and O–H groups in total. The van der Waals surface area contributed by atoms with Gasteiger partial charge in [-0.2, -0.15) is 0 Å². The van der Waals surface area contributed by atoms with Crippen molar-refractivity contribution in [2.45, 2.75) is 45.9 Å². The number of nitrogens with zero attached hydrogens (tertiary/aromatic N) is 4. The van der Waals surface area contributed by atoms with Gasteiger partial charge in [0, 0.05) is 39.1 Å². The minimum Gasteiger partial charge on any atom is -0.491 e. The van der Waals surface area contributed by atoms with E-state index in [1.807, 2.05) is 45.6 Å². The van der Waals surface area contributed by atoms with E-state index in [1.165, 1.54) is 5.56 Å². The van der Waals surface area contributed by atoms with Gasteiger partial charge in [-0.05, 0) is 43.9 Å². The minimum absolute atomic E-state index is 0. The molecule has 0 bridgehead atoms. The highest BCUT2D eigenvalue weighted by Crippen LogP contribution is 2.27. The fraction of sp³-hybridized carbons (Fsp3) is 0.524. The molecule has 1 saturated heterocycles. The van der Waals surface area contributed by atoms with Gasteiger partial charge >= 0.3 is 0 Å². The Morgan fingerprint density at radius 3 is 2.89 bits per heavy atom. The zero-order valence-electron chi connectivity index (χ0n) is 17.2. The van der Waals surface area contributed by atoms with E-state index in [-0.39, 0.29) is 30.1 Å². The molecule has 1 aliphatic heterocycles. The number of likely N-dealkylation sites (tertiary alicyclic amines) is 1. The minimum atomic E-state index is 0. The monoisotopic (exact) mass is 497 g/mol. The Balaban J connectivity index is 0.00000280. The molecule has 1 fully saturated rings. The van der Waals surface area contributed by atoms with E-state index in [0.29, 0.717) is 12.0 Å². The van der Waals surface area contributed by atoms with Crippen LogP contribution < -0.4 is 10.1 Å². The number of halogens is 1. The number of piperidine rings is 1. The summed E-state index contributed by atoms with van der Waals surface area (Å²) < 4.78 is 8.01. The van der Waals surface area contributed by atoms with Crippen LogP contribution in [0, 0.1) is 5.92 Å². The number of nitrogens with one attached hydrogen (secondary N) is 1. The number of rotatable bonds is 5. The van der Waals surface area contributed by atoms with Crippen LogP contribution in [0.5, 0.6) is 5.75 Å². The summed E-state index contributed by atoms with van der Waals surface area (Å²) in [7, 11) is 1.85. The molecule has 0 aliphatic carbocycles. The fourth-order valence-corrected chi connectivity index (χ4v) is 3.61. The average Bonchev–Trinajstić information content (AvgIpc) is 3.17. The quantitative estimate of drug-likeness (QED) is 0.386. The van der Waals surface area contributed by atoms with Crippen molar-refractivity contribution in [1.82, 2.24) is 19.8 Å². The van der Waals surface area contributed by atoms with Crippen molar-refractivity contribution >= 4 is 29.9 Å². The second-order valence-electron chi connectivity index (χ2n) is 7.50. The van der Waals surface area contributed by atoms with E-state index in [9.17, 15) is 0 Å². The standard InChI is InChI=1S/C21H31N5O.HI/c1-16(2)27-19-7-5-6-18(12-19)13-24-21(22-4)25-10-8-17(3)20(14-25)26-11-9-23-15-26;/h5-7,9,11-12,15-17,20H,8,10,13-14H2,1-4H3,(H,22,24);1H. The van der Waals surface area contributed by atoms with Crippen molar-refractivity contribution in [2.75, 3.05) is 20.1 Å². The van der Waals surface area contributed by atoms with Gasteiger partial charge in [-0.3, -0.25) is 4.99 Å². The molecule has 2 aromatic rings. The molecule has 154 valence electrons. The lowest BCUT2D eigenvalue weighted by Gasteiger charge is -2.39. The zero-order chi connectivity index (χ0) is 19.2. The van der Waals surface area contributed by atoms with Crippen LogP contribution in [0.2, 0.25) is 0 Å². The first kappa shape index (κ1) is 22.5. The van der Waals surface area contributed by atoms with Crippen LogP contribution in [-0.2, 0) is 6.54 Å². The van der Waals surface area contributed by atoms with Gasteiger partial charge in [0.05, 0.1) is 18.5 Å². The lowest BCUT2D eigenvalue weighted by molar-refractivity contribution is 0.189. The highest BCUT2D eigenvalue weighted by atomic mass is 127. The second kappa shape index (κ2) is 10.7. The van der Waals surface area contributed by atoms with E-state index in [2.05, 4.69) is 50.0 Å². The molecule has 0 amide bonds. The lowest BCUT2D eigenvalue weighted by Crippen LogP contribution is -2.48. The van der Waals surface area contributed by atoms with Crippen molar-refractivity contribution in [3.63, 3.8) is 0 Å². The van der Waals surface area contributed by atoms with Crippen LogP contribution >= 0.6 is 24.0 Å². The number of imidazole rings is 1. The zero-order valence-corrected chi connectivity index (χ0v) is 19.5. The average molecular weight is 497 g/mol. The van der Waals surface area contributed by atoms with E-state index in [1.54, 1.807) is 0 Å². The molecule has 3 rings (SSSR count). The van der Waals surface area contributed by atoms with Gasteiger partial charge in [0.1, 0.15) is 5.75 Å². The molecule has 6 nitrogen and oxygen atoms in total. The summed E-state index contributed by atoms with van der Waals surface area (Å²) in [5.74, 6) is 2.48. The van der Waals surface area contributed by atoms with Gasteiger partial charge in [0.2, 0.25) is 0 Å². The summed E-state index contributed by atoms with van der Waals surface area (Å²) >= 11 is 0. The lowest BCUT2D eigenvalue weighted by atomic mass is 9.93. The fourth-order valence-electron chi connectivity index (χ4n) is 3.61. The van der Waals surface area contributed by atoms with Crippen LogP contribution in [0.1, 0.15) is 38.8 Å². The molecular weight excluding hydrogens is 465 g/mol. The summed E-state index contributed by atoms with van der Waals surface area (Å²) in [6.45, 7) is 9.08. The molecule has 1 aromatic heterocycles. The highest BCUT2D eigenvalue weighted by molar-refractivity contribution is 14.0. The van der Waals surface area contributed by atoms with Gasteiger partial charge < -0.3 is 19.5 Å². The molecule has 0 spiro atoms. The molecule has 7 heteroatoms. The number of aliphatic imine (C=N–C) groups is 1. The molecular formula is C21H32IN5O. The number of aromatic nitrogens is 2. The van der Waals surface area contributed by atoms with Crippen LogP contribution in [0.25, 0.3) is 0 Å². The maximum absolute atomic E-state index is 5.79. The topological polar surface area (TPSA) is 54.7 Å². The number of hydrogen-bond donors (Lipinski definition) is 1. The summed E-state index contributed by atoms with van der Waals surface area (Å²) in [5, 5.41) is 3.51. The molecule has 2 heterocycles. The first-order valence-corrected chi connectivity index (χ1v) is 9.75. The third kappa shape index (κ3) is 5.86. The molecule has 1 aromatic carbocycles. The van der Waals surface area contributed by atoms with Gasteiger partial charge in [0.25, 0.3) is 0 Å². The summed E-state index contributed by atoms with van der Waals surface area (Å²) in [4.78, 5) is 11.1. The van der Waals surface area contributed by atoms with Crippen molar-refractivity contribution < 1.29 is 4.74 Å². The predicted molar refractivity (Wildman–Crippen MR) is 124 cm³/mol. The molecule has 28 heavy (non-hydrogen) atoms. The van der Waals surface area contributed by atoms with Crippen molar-refractivity contribution in [2.24, 2.45) is 10.9 Å². The van der Waals surface area contributed by atoms with Crippen LogP contribution in [-0.4, -0.2) is 46.7 Å². The van der Waals surface area contributed by atoms with E-state index >= 15 is 0 Å². The Hall–Kier alpha value is -1.77. The van der Waals surface area contributed by atoms with Gasteiger partial charge in [0.15, 0.2) is 5.96 Å². The number of hydrogen-bond acceptors (Lipinski definition) is 3. The Kier molecular flexibility index (Phi) is 8.59. The van der Waals surface area contributed by atoms with Crippen LogP contribution in [0.4, 0.5) is 0 Å².